The predicted octanol–water partition coefficient (Wildman–Crippen LogP) is 9.94. The molecule has 2 aromatic carbocycles. The van der Waals surface area contributed by atoms with Gasteiger partial charge in [0.1, 0.15) is 11.5 Å². The molecule has 2 N–H and O–H groups in total. The largest absolute Gasteiger partial charge is 0.508 e. The van der Waals surface area contributed by atoms with E-state index in [1.54, 1.807) is 24.3 Å². The molecule has 37 heavy (non-hydrogen) atoms. The van der Waals surface area contributed by atoms with Crippen molar-refractivity contribution in [2.75, 3.05) is 0 Å². The van der Waals surface area contributed by atoms with E-state index in [0.717, 1.165) is 11.1 Å². The molecule has 0 unspecified atom stereocenters. The van der Waals surface area contributed by atoms with E-state index in [1.165, 1.54) is 35.1 Å². The van der Waals surface area contributed by atoms with Gasteiger partial charge in [-0.2, -0.15) is 0 Å². The molecule has 2 aromatic rings. The predicted molar refractivity (Wildman–Crippen MR) is 158 cm³/mol. The van der Waals surface area contributed by atoms with Crippen molar-refractivity contribution in [1.82, 2.24) is 0 Å². The Morgan fingerprint density at radius 2 is 0.892 bits per heavy atom. The summed E-state index contributed by atoms with van der Waals surface area (Å²) >= 11 is 0. The van der Waals surface area contributed by atoms with Gasteiger partial charge in [0.05, 0.1) is 0 Å². The number of phenols is 2. The first-order valence-corrected chi connectivity index (χ1v) is 12.8. The van der Waals surface area contributed by atoms with Gasteiger partial charge in [0, 0.05) is 26.2 Å². The van der Waals surface area contributed by atoms with Crippen molar-refractivity contribution in [1.29, 1.82) is 0 Å². The maximum absolute atomic E-state index is 9.18. The van der Waals surface area contributed by atoms with E-state index in [2.05, 4.69) is 93.5 Å². The van der Waals surface area contributed by atoms with Crippen molar-refractivity contribution in [3.63, 3.8) is 0 Å². The van der Waals surface area contributed by atoms with E-state index in [1.807, 2.05) is 24.3 Å². The van der Waals surface area contributed by atoms with Crippen LogP contribution in [-0.2, 0) is 37.0 Å². The first-order chi connectivity index (χ1) is 16.6. The molecule has 0 amide bonds. The number of allylic oxidation sites excluding steroid dienone is 8. The van der Waals surface area contributed by atoms with Crippen molar-refractivity contribution in [3.8, 4) is 11.5 Å². The minimum atomic E-state index is 0. The van der Waals surface area contributed by atoms with Crippen LogP contribution in [-0.4, -0.2) is 10.2 Å². The smallest absolute Gasteiger partial charge is 0.115 e. The standard InChI is InChI=1S/2C10H14O.2C7H10.Zr/c2*1-10(2,3)8-5-4-6-9(11)7-8;2*1-6-3-4-7(2)5-6;/h2*4-7,11H,1-3H3;2*3,5H,4H2,1-2H3;. The van der Waals surface area contributed by atoms with Crippen LogP contribution in [0.15, 0.2) is 95.1 Å². The first kappa shape index (κ1) is 34.9. The van der Waals surface area contributed by atoms with E-state index in [4.69, 9.17) is 0 Å². The fraction of sp³-hybridized carbons (Fsp3) is 0.412. The molecule has 4 rings (SSSR count). The number of rotatable bonds is 0. The van der Waals surface area contributed by atoms with Crippen LogP contribution in [0.25, 0.3) is 0 Å². The third-order valence-electron chi connectivity index (χ3n) is 5.86. The quantitative estimate of drug-likeness (QED) is 0.326. The Morgan fingerprint density at radius 1 is 0.568 bits per heavy atom. The SMILES string of the molecule is CC(C)(C)c1cccc(O)c1.CC(C)(C)c1cccc(O)c1.CC1=CCC(C)=C1.CC1=CCC(C)=C1.[Zr]. The summed E-state index contributed by atoms with van der Waals surface area (Å²) in [6.45, 7) is 21.4. The van der Waals surface area contributed by atoms with Crippen LogP contribution in [0.4, 0.5) is 0 Å². The first-order valence-electron chi connectivity index (χ1n) is 12.8. The Morgan fingerprint density at radius 3 is 1.03 bits per heavy atom. The van der Waals surface area contributed by atoms with Crippen LogP contribution in [0, 0.1) is 0 Å². The molecule has 0 saturated heterocycles. The summed E-state index contributed by atoms with van der Waals surface area (Å²) in [6.07, 6.45) is 11.3. The summed E-state index contributed by atoms with van der Waals surface area (Å²) in [4.78, 5) is 0. The molecule has 0 aromatic heterocycles. The number of aromatic hydroxyl groups is 2. The second kappa shape index (κ2) is 16.0. The fourth-order valence-corrected chi connectivity index (χ4v) is 3.60. The van der Waals surface area contributed by atoms with Gasteiger partial charge in [-0.1, -0.05) is 112 Å². The zero-order chi connectivity index (χ0) is 27.5. The molecule has 0 saturated carbocycles. The molecule has 0 radical (unpaired) electrons. The third kappa shape index (κ3) is 15.0. The monoisotopic (exact) mass is 578 g/mol. The Labute approximate surface area is 246 Å². The Kier molecular flexibility index (Phi) is 15.1. The fourth-order valence-electron chi connectivity index (χ4n) is 3.60. The molecular weight excluding hydrogens is 532 g/mol. The minimum Gasteiger partial charge on any atom is -0.508 e. The molecular formula is C34H48O2Zr. The van der Waals surface area contributed by atoms with Crippen LogP contribution in [0.1, 0.15) is 93.2 Å². The van der Waals surface area contributed by atoms with Gasteiger partial charge in [0.15, 0.2) is 0 Å². The van der Waals surface area contributed by atoms with Crippen molar-refractivity contribution in [2.24, 2.45) is 0 Å². The topological polar surface area (TPSA) is 40.5 Å². The molecule has 0 bridgehead atoms. The summed E-state index contributed by atoms with van der Waals surface area (Å²) in [5.74, 6) is 0.690. The van der Waals surface area contributed by atoms with Crippen molar-refractivity contribution < 1.29 is 36.4 Å². The van der Waals surface area contributed by atoms with Crippen LogP contribution in [0.3, 0.4) is 0 Å². The van der Waals surface area contributed by atoms with Gasteiger partial charge in [-0.05, 0) is 86.8 Å². The molecule has 2 aliphatic carbocycles. The van der Waals surface area contributed by atoms with Crippen LogP contribution in [0.5, 0.6) is 11.5 Å². The normalized spacial score (nSPS) is 14.1. The molecule has 0 fully saturated rings. The van der Waals surface area contributed by atoms with Gasteiger partial charge in [0.25, 0.3) is 0 Å². The summed E-state index contributed by atoms with van der Waals surface area (Å²) in [5.41, 5.74) is 8.37. The number of benzene rings is 2. The molecule has 200 valence electrons. The Hall–Kier alpha value is -2.12. The molecule has 2 aliphatic rings. The minimum absolute atomic E-state index is 0. The molecule has 0 atom stereocenters. The van der Waals surface area contributed by atoms with Gasteiger partial charge in [-0.15, -0.1) is 0 Å². The second-order valence-corrected chi connectivity index (χ2v) is 11.9. The van der Waals surface area contributed by atoms with E-state index in [9.17, 15) is 10.2 Å². The average molecular weight is 580 g/mol. The van der Waals surface area contributed by atoms with E-state index >= 15 is 0 Å². The molecule has 2 nitrogen and oxygen atoms in total. The summed E-state index contributed by atoms with van der Waals surface area (Å²) < 4.78 is 0. The van der Waals surface area contributed by atoms with E-state index < -0.39 is 0 Å². The summed E-state index contributed by atoms with van der Waals surface area (Å²) in [7, 11) is 0. The number of phenolic OH excluding ortho intramolecular Hbond substituents is 2. The zero-order valence-electron chi connectivity index (χ0n) is 24.7. The number of hydrogen-bond acceptors (Lipinski definition) is 2. The van der Waals surface area contributed by atoms with Crippen LogP contribution >= 0.6 is 0 Å². The summed E-state index contributed by atoms with van der Waals surface area (Å²) in [6, 6.07) is 14.8. The maximum atomic E-state index is 9.18. The van der Waals surface area contributed by atoms with Gasteiger partial charge in [-0.3, -0.25) is 0 Å². The number of hydrogen-bond donors (Lipinski definition) is 2. The van der Waals surface area contributed by atoms with Crippen molar-refractivity contribution in [2.45, 2.75) is 92.9 Å². The molecule has 0 heterocycles. The van der Waals surface area contributed by atoms with Crippen molar-refractivity contribution in [3.05, 3.63) is 106 Å². The van der Waals surface area contributed by atoms with Gasteiger partial charge in [-0.25, -0.2) is 0 Å². The van der Waals surface area contributed by atoms with Gasteiger partial charge >= 0.3 is 0 Å². The third-order valence-corrected chi connectivity index (χ3v) is 5.86. The average Bonchev–Trinajstić information content (AvgIpc) is 3.34. The molecule has 0 spiro atoms. The van der Waals surface area contributed by atoms with Gasteiger partial charge < -0.3 is 10.2 Å². The van der Waals surface area contributed by atoms with E-state index in [0.29, 0.717) is 11.5 Å². The molecule has 0 aliphatic heterocycles. The van der Waals surface area contributed by atoms with Gasteiger partial charge in [0.2, 0.25) is 0 Å². The maximum Gasteiger partial charge on any atom is 0.115 e. The Balaban J connectivity index is 0.000000473. The van der Waals surface area contributed by atoms with Crippen molar-refractivity contribution >= 4 is 0 Å². The van der Waals surface area contributed by atoms with Crippen LogP contribution < -0.4 is 0 Å². The Bertz CT molecular complexity index is 1010. The zero-order valence-corrected chi connectivity index (χ0v) is 27.2. The molecule has 3 heteroatoms. The van der Waals surface area contributed by atoms with Crippen LogP contribution in [0.2, 0.25) is 0 Å². The second-order valence-electron chi connectivity index (χ2n) is 11.9. The summed E-state index contributed by atoms with van der Waals surface area (Å²) in [5, 5.41) is 18.4. The van der Waals surface area contributed by atoms with E-state index in [-0.39, 0.29) is 37.0 Å².